The summed E-state index contributed by atoms with van der Waals surface area (Å²) in [7, 11) is 1.54. The Labute approximate surface area is 127 Å². The lowest BCUT2D eigenvalue weighted by atomic mass is 10.2. The van der Waals surface area contributed by atoms with Crippen LogP contribution in [-0.4, -0.2) is 18.7 Å². The molecule has 1 amide bonds. The highest BCUT2D eigenvalue weighted by molar-refractivity contribution is 7.19. The first kappa shape index (κ1) is 15.1. The molecule has 1 aromatic heterocycles. The van der Waals surface area contributed by atoms with Crippen LogP contribution in [0.4, 0.5) is 10.7 Å². The molecule has 4 N–H and O–H groups in total. The van der Waals surface area contributed by atoms with E-state index in [2.05, 4.69) is 10.6 Å². The molecule has 0 spiro atoms. The molecule has 110 valence electrons. The fourth-order valence-corrected chi connectivity index (χ4v) is 2.97. The van der Waals surface area contributed by atoms with E-state index in [4.69, 9.17) is 5.73 Å². The number of anilines is 2. The van der Waals surface area contributed by atoms with Crippen LogP contribution in [0.5, 0.6) is 0 Å². The van der Waals surface area contributed by atoms with Crippen molar-refractivity contribution in [3.63, 3.8) is 0 Å². The topological polar surface area (TPSA) is 84.2 Å². The van der Waals surface area contributed by atoms with Gasteiger partial charge in [0.05, 0.1) is 16.1 Å². The van der Waals surface area contributed by atoms with E-state index in [9.17, 15) is 9.59 Å². The first-order chi connectivity index (χ1) is 10.0. The fraction of sp³-hybridized carbons (Fsp3) is 0.200. The molecule has 21 heavy (non-hydrogen) atoms. The van der Waals surface area contributed by atoms with Crippen molar-refractivity contribution in [2.24, 2.45) is 0 Å². The van der Waals surface area contributed by atoms with Crippen molar-refractivity contribution in [3.05, 3.63) is 46.3 Å². The number of benzene rings is 1. The predicted molar refractivity (Wildman–Crippen MR) is 85.9 cm³/mol. The number of nitrogen functional groups attached to an aromatic ring is 1. The number of carbonyl (C=O) groups excluding carboxylic acids is 2. The van der Waals surface area contributed by atoms with Gasteiger partial charge in [0, 0.05) is 20.5 Å². The molecule has 1 heterocycles. The van der Waals surface area contributed by atoms with E-state index in [1.165, 1.54) is 25.3 Å². The Balaban J connectivity index is 2.31. The summed E-state index contributed by atoms with van der Waals surface area (Å²) in [6, 6.07) is 9.79. The summed E-state index contributed by atoms with van der Waals surface area (Å²) < 4.78 is 0. The minimum Gasteiger partial charge on any atom is -0.397 e. The number of ketones is 1. The van der Waals surface area contributed by atoms with Gasteiger partial charge in [0.2, 0.25) is 0 Å². The molecule has 0 saturated carbocycles. The molecule has 5 nitrogen and oxygen atoms in total. The third-order valence-electron chi connectivity index (χ3n) is 3.01. The van der Waals surface area contributed by atoms with Gasteiger partial charge in [-0.1, -0.05) is 30.3 Å². The first-order valence-corrected chi connectivity index (χ1v) is 7.29. The molecule has 0 saturated heterocycles. The van der Waals surface area contributed by atoms with Gasteiger partial charge >= 0.3 is 0 Å². The number of amides is 1. The van der Waals surface area contributed by atoms with Crippen LogP contribution >= 0.6 is 11.3 Å². The van der Waals surface area contributed by atoms with E-state index >= 15 is 0 Å². The van der Waals surface area contributed by atoms with Crippen LogP contribution in [0.25, 0.3) is 0 Å². The standard InChI is InChI=1S/C15H17N3O2S/c1-9(19)13-12(16)11(14(20)17-2)15(21-13)18-8-10-6-4-3-5-7-10/h3-7,18H,8,16H2,1-2H3,(H,17,20). The van der Waals surface area contributed by atoms with Crippen LogP contribution in [0.1, 0.15) is 32.5 Å². The van der Waals surface area contributed by atoms with Gasteiger partial charge in [0.25, 0.3) is 5.91 Å². The van der Waals surface area contributed by atoms with Gasteiger partial charge in [-0.05, 0) is 5.56 Å². The van der Waals surface area contributed by atoms with E-state index in [0.717, 1.165) is 5.56 Å². The molecular weight excluding hydrogens is 286 g/mol. The van der Waals surface area contributed by atoms with E-state index in [1.807, 2.05) is 30.3 Å². The molecular formula is C15H17N3O2S. The SMILES string of the molecule is CNC(=O)c1c(NCc2ccccc2)sc(C(C)=O)c1N. The number of nitrogens with two attached hydrogens (primary N) is 1. The Bertz CT molecular complexity index is 665. The number of nitrogens with one attached hydrogen (secondary N) is 2. The van der Waals surface area contributed by atoms with Gasteiger partial charge in [-0.3, -0.25) is 9.59 Å². The molecule has 6 heteroatoms. The van der Waals surface area contributed by atoms with Crippen LogP contribution in [0.15, 0.2) is 30.3 Å². The van der Waals surface area contributed by atoms with Crippen molar-refractivity contribution in [2.45, 2.75) is 13.5 Å². The van der Waals surface area contributed by atoms with Gasteiger partial charge in [0.15, 0.2) is 5.78 Å². The Morgan fingerprint density at radius 3 is 2.48 bits per heavy atom. The van der Waals surface area contributed by atoms with Crippen LogP contribution in [0.2, 0.25) is 0 Å². The van der Waals surface area contributed by atoms with E-state index in [0.29, 0.717) is 22.0 Å². The zero-order valence-corrected chi connectivity index (χ0v) is 12.7. The molecule has 2 rings (SSSR count). The summed E-state index contributed by atoms with van der Waals surface area (Å²) >= 11 is 1.21. The van der Waals surface area contributed by atoms with Gasteiger partial charge in [-0.15, -0.1) is 11.3 Å². The molecule has 0 unspecified atom stereocenters. The molecule has 0 aliphatic carbocycles. The number of carbonyl (C=O) groups is 2. The Hall–Kier alpha value is -2.34. The van der Waals surface area contributed by atoms with Crippen molar-refractivity contribution in [1.29, 1.82) is 0 Å². The summed E-state index contributed by atoms with van der Waals surface area (Å²) in [4.78, 5) is 24.0. The van der Waals surface area contributed by atoms with Crippen molar-refractivity contribution in [3.8, 4) is 0 Å². The first-order valence-electron chi connectivity index (χ1n) is 6.47. The van der Waals surface area contributed by atoms with Gasteiger partial charge in [0.1, 0.15) is 5.00 Å². The van der Waals surface area contributed by atoms with Crippen LogP contribution in [0.3, 0.4) is 0 Å². The lowest BCUT2D eigenvalue weighted by molar-refractivity contribution is 0.0965. The Morgan fingerprint density at radius 2 is 1.90 bits per heavy atom. The maximum absolute atomic E-state index is 12.0. The minimum absolute atomic E-state index is 0.143. The Morgan fingerprint density at radius 1 is 1.24 bits per heavy atom. The third-order valence-corrected chi connectivity index (χ3v) is 4.28. The highest BCUT2D eigenvalue weighted by atomic mass is 32.1. The highest BCUT2D eigenvalue weighted by Crippen LogP contribution is 2.36. The van der Waals surface area contributed by atoms with Crippen molar-refractivity contribution < 1.29 is 9.59 Å². The third kappa shape index (κ3) is 3.22. The second-order valence-corrected chi connectivity index (χ2v) is 5.54. The largest absolute Gasteiger partial charge is 0.397 e. The second kappa shape index (κ2) is 6.41. The van der Waals surface area contributed by atoms with Crippen molar-refractivity contribution in [2.75, 3.05) is 18.1 Å². The molecule has 0 radical (unpaired) electrons. The maximum Gasteiger partial charge on any atom is 0.256 e. The number of hydrogen-bond donors (Lipinski definition) is 3. The summed E-state index contributed by atoms with van der Waals surface area (Å²) in [5.74, 6) is -0.442. The second-order valence-electron chi connectivity index (χ2n) is 4.52. The molecule has 0 bridgehead atoms. The zero-order valence-electron chi connectivity index (χ0n) is 11.9. The molecule has 2 aromatic rings. The maximum atomic E-state index is 12.0. The summed E-state index contributed by atoms with van der Waals surface area (Å²) in [6.45, 7) is 2.00. The average molecular weight is 303 g/mol. The van der Waals surface area contributed by atoms with Gasteiger partial charge in [-0.25, -0.2) is 0 Å². The lowest BCUT2D eigenvalue weighted by Gasteiger charge is -2.07. The number of thiophene rings is 1. The fourth-order valence-electron chi connectivity index (χ4n) is 1.96. The molecule has 0 atom stereocenters. The Kier molecular flexibility index (Phi) is 4.59. The summed E-state index contributed by atoms with van der Waals surface area (Å²) in [5, 5.41) is 6.35. The summed E-state index contributed by atoms with van der Waals surface area (Å²) in [5.41, 5.74) is 7.59. The van der Waals surface area contributed by atoms with E-state index < -0.39 is 0 Å². The molecule has 0 aliphatic heterocycles. The van der Waals surface area contributed by atoms with E-state index in [-0.39, 0.29) is 17.4 Å². The summed E-state index contributed by atoms with van der Waals surface area (Å²) in [6.07, 6.45) is 0. The predicted octanol–water partition coefficient (Wildman–Crippen LogP) is 2.50. The zero-order chi connectivity index (χ0) is 15.4. The van der Waals surface area contributed by atoms with Gasteiger partial charge < -0.3 is 16.4 Å². The van der Waals surface area contributed by atoms with Crippen LogP contribution in [-0.2, 0) is 6.54 Å². The normalized spacial score (nSPS) is 10.2. The quantitative estimate of drug-likeness (QED) is 0.741. The number of hydrogen-bond acceptors (Lipinski definition) is 5. The smallest absolute Gasteiger partial charge is 0.256 e. The number of rotatable bonds is 5. The van der Waals surface area contributed by atoms with Gasteiger partial charge in [-0.2, -0.15) is 0 Å². The van der Waals surface area contributed by atoms with Crippen LogP contribution in [0, 0.1) is 0 Å². The highest BCUT2D eigenvalue weighted by Gasteiger charge is 2.23. The van der Waals surface area contributed by atoms with Crippen LogP contribution < -0.4 is 16.4 Å². The number of Topliss-reactive ketones (excluding diaryl/α,β-unsaturated/α-hetero) is 1. The van der Waals surface area contributed by atoms with Crippen molar-refractivity contribution in [1.82, 2.24) is 5.32 Å². The average Bonchev–Trinajstić information content (AvgIpc) is 2.82. The lowest BCUT2D eigenvalue weighted by Crippen LogP contribution is -2.20. The minimum atomic E-state index is -0.299. The van der Waals surface area contributed by atoms with E-state index in [1.54, 1.807) is 0 Å². The molecule has 1 aromatic carbocycles. The van der Waals surface area contributed by atoms with Crippen molar-refractivity contribution >= 4 is 33.7 Å². The molecule has 0 fully saturated rings. The monoisotopic (exact) mass is 303 g/mol. The molecule has 0 aliphatic rings.